The topological polar surface area (TPSA) is 124 Å². The number of amides is 2. The number of carbonyl (C=O) groups is 2. The first-order chi connectivity index (χ1) is 15.0. The van der Waals surface area contributed by atoms with Gasteiger partial charge in [-0.15, -0.1) is 0 Å². The summed E-state index contributed by atoms with van der Waals surface area (Å²) in [5.74, 6) is 0.644. The second-order valence-electron chi connectivity index (χ2n) is 7.44. The molecule has 9 nitrogen and oxygen atoms in total. The molecule has 1 saturated heterocycles. The molecule has 2 fully saturated rings. The second kappa shape index (κ2) is 7.52. The van der Waals surface area contributed by atoms with Gasteiger partial charge in [0.25, 0.3) is 5.91 Å². The van der Waals surface area contributed by atoms with Crippen molar-refractivity contribution >= 4 is 56.8 Å². The molecule has 0 bridgehead atoms. The van der Waals surface area contributed by atoms with Crippen molar-refractivity contribution in [1.82, 2.24) is 19.9 Å². The SMILES string of the molecule is N#Cc1ccc(Nc2cc(NC3CC3)n3ncc(/C=C4\CC(=O)NC4=O)c3n2)c(Br)c1. The summed E-state index contributed by atoms with van der Waals surface area (Å²) in [5, 5.41) is 22.5. The zero-order chi connectivity index (χ0) is 21.5. The van der Waals surface area contributed by atoms with Crippen molar-refractivity contribution in [2.75, 3.05) is 10.6 Å². The Morgan fingerprint density at radius 2 is 2.13 bits per heavy atom. The molecule has 0 spiro atoms. The lowest BCUT2D eigenvalue weighted by Crippen LogP contribution is -2.19. The number of anilines is 3. The van der Waals surface area contributed by atoms with E-state index in [0.29, 0.717) is 34.2 Å². The molecule has 10 heteroatoms. The minimum atomic E-state index is -0.392. The molecule has 2 amide bonds. The number of hydrogen-bond donors (Lipinski definition) is 3. The van der Waals surface area contributed by atoms with E-state index in [1.165, 1.54) is 0 Å². The first-order valence-corrected chi connectivity index (χ1v) is 10.5. The number of fused-ring (bicyclic) bond motifs is 1. The van der Waals surface area contributed by atoms with E-state index in [1.54, 1.807) is 35.0 Å². The molecule has 0 radical (unpaired) electrons. The fraction of sp³-hybridized carbons (Fsp3) is 0.190. The summed E-state index contributed by atoms with van der Waals surface area (Å²) in [6.07, 6.45) is 5.50. The predicted octanol–water partition coefficient (Wildman–Crippen LogP) is 3.11. The molecule has 0 unspecified atom stereocenters. The lowest BCUT2D eigenvalue weighted by atomic mass is 10.1. The standard InChI is InChI=1S/C21H16BrN7O2/c22-15-5-11(9-23)1-4-16(15)26-17-8-18(25-14-2-3-14)29-20(27-17)13(10-24-29)6-12-7-19(30)28-21(12)31/h1,4-6,8,10,14,25H,2-3,7H2,(H,26,27)(H,28,30,31)/b12-6+. The van der Waals surface area contributed by atoms with Crippen molar-refractivity contribution in [2.45, 2.75) is 25.3 Å². The fourth-order valence-electron chi connectivity index (χ4n) is 3.32. The van der Waals surface area contributed by atoms with E-state index in [2.05, 4.69) is 43.0 Å². The second-order valence-corrected chi connectivity index (χ2v) is 8.29. The number of nitriles is 1. The molecule has 2 aromatic heterocycles. The highest BCUT2D eigenvalue weighted by atomic mass is 79.9. The van der Waals surface area contributed by atoms with E-state index in [9.17, 15) is 9.59 Å². The number of rotatable bonds is 5. The van der Waals surface area contributed by atoms with E-state index < -0.39 is 5.91 Å². The lowest BCUT2D eigenvalue weighted by molar-refractivity contribution is -0.124. The molecule has 5 rings (SSSR count). The van der Waals surface area contributed by atoms with Gasteiger partial charge in [-0.25, -0.2) is 4.98 Å². The van der Waals surface area contributed by atoms with Gasteiger partial charge in [-0.3, -0.25) is 14.9 Å². The third-order valence-corrected chi connectivity index (χ3v) is 5.67. The van der Waals surface area contributed by atoms with Crippen LogP contribution in [0.5, 0.6) is 0 Å². The molecule has 2 aliphatic rings. The van der Waals surface area contributed by atoms with Gasteiger partial charge in [0.2, 0.25) is 5.91 Å². The minimum absolute atomic E-state index is 0.0412. The molecular weight excluding hydrogens is 462 g/mol. The van der Waals surface area contributed by atoms with Crippen LogP contribution in [0.3, 0.4) is 0 Å². The molecule has 154 valence electrons. The highest BCUT2D eigenvalue weighted by Gasteiger charge is 2.25. The van der Waals surface area contributed by atoms with Gasteiger partial charge in [0.1, 0.15) is 11.6 Å². The summed E-state index contributed by atoms with van der Waals surface area (Å²) < 4.78 is 2.43. The van der Waals surface area contributed by atoms with Crippen LogP contribution in [0.1, 0.15) is 30.4 Å². The number of nitrogens with zero attached hydrogens (tertiary/aromatic N) is 4. The summed E-state index contributed by atoms with van der Waals surface area (Å²) >= 11 is 3.48. The van der Waals surface area contributed by atoms with Gasteiger partial charge in [0.05, 0.1) is 29.9 Å². The summed E-state index contributed by atoms with van der Waals surface area (Å²) in [6, 6.07) is 9.62. The van der Waals surface area contributed by atoms with Crippen molar-refractivity contribution in [3.05, 3.63) is 51.6 Å². The molecular formula is C21H16BrN7O2. The van der Waals surface area contributed by atoms with Gasteiger partial charge in [-0.2, -0.15) is 14.9 Å². The Morgan fingerprint density at radius 3 is 2.81 bits per heavy atom. The smallest absolute Gasteiger partial charge is 0.254 e. The summed E-state index contributed by atoms with van der Waals surface area (Å²) in [4.78, 5) is 28.2. The van der Waals surface area contributed by atoms with Gasteiger partial charge in [0, 0.05) is 27.7 Å². The predicted molar refractivity (Wildman–Crippen MR) is 118 cm³/mol. The highest BCUT2D eigenvalue weighted by Crippen LogP contribution is 2.31. The number of imide groups is 1. The molecule has 3 aromatic rings. The van der Waals surface area contributed by atoms with Crippen LogP contribution in [0.4, 0.5) is 17.3 Å². The summed E-state index contributed by atoms with van der Waals surface area (Å²) in [7, 11) is 0. The molecule has 31 heavy (non-hydrogen) atoms. The average Bonchev–Trinajstić information content (AvgIpc) is 3.38. The van der Waals surface area contributed by atoms with Gasteiger partial charge in [-0.05, 0) is 53.0 Å². The van der Waals surface area contributed by atoms with Crippen molar-refractivity contribution in [2.24, 2.45) is 0 Å². The largest absolute Gasteiger partial charge is 0.367 e. The number of carbonyl (C=O) groups excluding carboxylic acids is 2. The quantitative estimate of drug-likeness (QED) is 0.380. The Balaban J connectivity index is 1.57. The number of hydrogen-bond acceptors (Lipinski definition) is 7. The van der Waals surface area contributed by atoms with E-state index in [0.717, 1.165) is 28.8 Å². The van der Waals surface area contributed by atoms with E-state index in [4.69, 9.17) is 10.2 Å². The third kappa shape index (κ3) is 3.87. The van der Waals surface area contributed by atoms with Crippen LogP contribution in [-0.2, 0) is 9.59 Å². The van der Waals surface area contributed by atoms with Crippen molar-refractivity contribution < 1.29 is 9.59 Å². The fourth-order valence-corrected chi connectivity index (χ4v) is 3.80. The van der Waals surface area contributed by atoms with Crippen LogP contribution in [0.25, 0.3) is 11.7 Å². The Kier molecular flexibility index (Phi) is 4.67. The number of aromatic nitrogens is 3. The molecule has 3 N–H and O–H groups in total. The van der Waals surface area contributed by atoms with E-state index in [1.807, 2.05) is 6.07 Å². The molecule has 3 heterocycles. The van der Waals surface area contributed by atoms with Crippen LogP contribution in [0, 0.1) is 11.3 Å². The highest BCUT2D eigenvalue weighted by molar-refractivity contribution is 9.10. The Hall–Kier alpha value is -3.71. The van der Waals surface area contributed by atoms with Crippen molar-refractivity contribution in [1.29, 1.82) is 5.26 Å². The van der Waals surface area contributed by atoms with Crippen LogP contribution in [0.15, 0.2) is 40.5 Å². The zero-order valence-electron chi connectivity index (χ0n) is 16.1. The van der Waals surface area contributed by atoms with Crippen molar-refractivity contribution in [3.8, 4) is 6.07 Å². The number of nitrogens with one attached hydrogen (secondary N) is 3. The van der Waals surface area contributed by atoms with Gasteiger partial charge >= 0.3 is 0 Å². The Morgan fingerprint density at radius 1 is 1.29 bits per heavy atom. The Bertz CT molecular complexity index is 1320. The maximum Gasteiger partial charge on any atom is 0.254 e. The monoisotopic (exact) mass is 477 g/mol. The molecule has 0 atom stereocenters. The molecule has 1 saturated carbocycles. The first-order valence-electron chi connectivity index (χ1n) is 9.67. The van der Waals surface area contributed by atoms with Gasteiger partial charge < -0.3 is 10.6 Å². The van der Waals surface area contributed by atoms with Gasteiger partial charge in [0.15, 0.2) is 5.65 Å². The van der Waals surface area contributed by atoms with Gasteiger partial charge in [-0.1, -0.05) is 0 Å². The van der Waals surface area contributed by atoms with Crippen LogP contribution < -0.4 is 16.0 Å². The average molecular weight is 478 g/mol. The number of benzene rings is 1. The van der Waals surface area contributed by atoms with Crippen LogP contribution in [0.2, 0.25) is 0 Å². The van der Waals surface area contributed by atoms with Crippen LogP contribution in [-0.4, -0.2) is 32.5 Å². The minimum Gasteiger partial charge on any atom is -0.367 e. The molecule has 1 aromatic carbocycles. The maximum atomic E-state index is 12.0. The first kappa shape index (κ1) is 19.3. The van der Waals surface area contributed by atoms with E-state index >= 15 is 0 Å². The Labute approximate surface area is 185 Å². The normalized spacial score (nSPS) is 17.1. The third-order valence-electron chi connectivity index (χ3n) is 5.01. The number of halogens is 1. The lowest BCUT2D eigenvalue weighted by Gasteiger charge is -2.12. The molecule has 1 aliphatic heterocycles. The van der Waals surface area contributed by atoms with Crippen molar-refractivity contribution in [3.63, 3.8) is 0 Å². The molecule has 1 aliphatic carbocycles. The zero-order valence-corrected chi connectivity index (χ0v) is 17.7. The van der Waals surface area contributed by atoms with E-state index in [-0.39, 0.29) is 12.3 Å². The summed E-state index contributed by atoms with van der Waals surface area (Å²) in [5.41, 5.74) is 2.88. The maximum absolute atomic E-state index is 12.0. The van der Waals surface area contributed by atoms with Crippen LogP contribution >= 0.6 is 15.9 Å². The summed E-state index contributed by atoms with van der Waals surface area (Å²) in [6.45, 7) is 0.